The largest absolute Gasteiger partial charge is 0.492 e. The van der Waals surface area contributed by atoms with Gasteiger partial charge in [0.15, 0.2) is 0 Å². The van der Waals surface area contributed by atoms with Crippen LogP contribution in [-0.2, 0) is 20.7 Å². The Balaban J connectivity index is 1.71. The number of hydrogen-bond acceptors (Lipinski definition) is 7. The maximum Gasteiger partial charge on any atom is 0.492 e. The lowest BCUT2D eigenvalue weighted by molar-refractivity contribution is 0.00578. The molecule has 0 saturated carbocycles. The molecule has 164 valence electrons. The maximum atomic E-state index is 12.2. The fraction of sp³-hybridized carbons (Fsp3) is 0.409. The summed E-state index contributed by atoms with van der Waals surface area (Å²) in [5.74, 6) is 0.414. The zero-order valence-electron chi connectivity index (χ0n) is 18.5. The van der Waals surface area contributed by atoms with Gasteiger partial charge in [0.25, 0.3) is 0 Å². The van der Waals surface area contributed by atoms with E-state index in [1.165, 1.54) is 7.11 Å². The second-order valence-corrected chi connectivity index (χ2v) is 8.22. The van der Waals surface area contributed by atoms with Crippen LogP contribution in [0.4, 0.5) is 4.79 Å². The van der Waals surface area contributed by atoms with Gasteiger partial charge < -0.3 is 24.1 Å². The summed E-state index contributed by atoms with van der Waals surface area (Å²) in [6, 6.07) is 13.0. The molecule has 1 aliphatic heterocycles. The molecule has 8 nitrogen and oxygen atoms in total. The van der Waals surface area contributed by atoms with Crippen LogP contribution in [0.3, 0.4) is 0 Å². The molecule has 1 aromatic heterocycles. The van der Waals surface area contributed by atoms with Gasteiger partial charge >= 0.3 is 13.2 Å². The molecule has 1 amide bonds. The van der Waals surface area contributed by atoms with E-state index < -0.39 is 24.4 Å². The molecule has 0 radical (unpaired) electrons. The van der Waals surface area contributed by atoms with Crippen LogP contribution in [0.15, 0.2) is 47.9 Å². The molecule has 9 heteroatoms. The normalized spacial score (nSPS) is 17.3. The molecule has 3 rings (SSSR count). The van der Waals surface area contributed by atoms with Crippen molar-refractivity contribution in [3.63, 3.8) is 0 Å². The molecule has 0 atom stereocenters. The van der Waals surface area contributed by atoms with Crippen LogP contribution >= 0.6 is 0 Å². The van der Waals surface area contributed by atoms with Crippen molar-refractivity contribution >= 4 is 19.3 Å². The highest BCUT2D eigenvalue weighted by Gasteiger charge is 2.52. The summed E-state index contributed by atoms with van der Waals surface area (Å²) < 4.78 is 22.7. The number of carbonyl (C=O) groups is 1. The van der Waals surface area contributed by atoms with E-state index >= 15 is 0 Å². The van der Waals surface area contributed by atoms with Crippen LogP contribution in [0.5, 0.6) is 5.88 Å². The lowest BCUT2D eigenvalue weighted by Gasteiger charge is -2.32. The van der Waals surface area contributed by atoms with Crippen molar-refractivity contribution in [3.05, 3.63) is 59.2 Å². The summed E-state index contributed by atoms with van der Waals surface area (Å²) >= 11 is 0. The molecule has 1 saturated heterocycles. The van der Waals surface area contributed by atoms with E-state index in [2.05, 4.69) is 15.5 Å². The van der Waals surface area contributed by atoms with Gasteiger partial charge in [-0.3, -0.25) is 0 Å². The first-order valence-corrected chi connectivity index (χ1v) is 10.1. The fourth-order valence-electron chi connectivity index (χ4n) is 2.85. The van der Waals surface area contributed by atoms with Crippen LogP contribution in [0, 0.1) is 0 Å². The van der Waals surface area contributed by atoms with Gasteiger partial charge in [-0.25, -0.2) is 4.79 Å². The second-order valence-electron chi connectivity index (χ2n) is 8.22. The Kier molecular flexibility index (Phi) is 6.97. The Morgan fingerprint density at radius 1 is 1.06 bits per heavy atom. The lowest BCUT2D eigenvalue weighted by atomic mass is 9.77. The number of ether oxygens (including phenoxy) is 2. The summed E-state index contributed by atoms with van der Waals surface area (Å²) in [6.45, 7) is 8.24. The van der Waals surface area contributed by atoms with Crippen molar-refractivity contribution in [2.24, 2.45) is 0 Å². The molecule has 31 heavy (non-hydrogen) atoms. The second kappa shape index (κ2) is 9.49. The molecule has 2 heterocycles. The third-order valence-corrected chi connectivity index (χ3v) is 5.41. The third kappa shape index (κ3) is 5.83. The standard InChI is InChI=1S/C22H28BN3O5/c1-21(2)22(3,4)31-23(30-21)17(13-18-11-12-19(28-5)26-25-18)14-24-20(27)29-15-16-9-7-6-8-10-16/h6-13H,14-15H2,1-5H3,(H,24,27). The monoisotopic (exact) mass is 425 g/mol. The predicted octanol–water partition coefficient (Wildman–Crippen LogP) is 3.43. The molecule has 1 fully saturated rings. The van der Waals surface area contributed by atoms with Crippen molar-refractivity contribution in [1.82, 2.24) is 15.5 Å². The number of carbonyl (C=O) groups excluding carboxylic acids is 1. The average molecular weight is 425 g/mol. The molecule has 1 aromatic carbocycles. The van der Waals surface area contributed by atoms with Crippen LogP contribution in [0.2, 0.25) is 0 Å². The number of amides is 1. The minimum atomic E-state index is -0.650. The predicted molar refractivity (Wildman–Crippen MR) is 117 cm³/mol. The van der Waals surface area contributed by atoms with Crippen molar-refractivity contribution in [2.75, 3.05) is 13.7 Å². The fourth-order valence-corrected chi connectivity index (χ4v) is 2.85. The van der Waals surface area contributed by atoms with Crippen molar-refractivity contribution < 1.29 is 23.6 Å². The van der Waals surface area contributed by atoms with Gasteiger partial charge in [-0.1, -0.05) is 30.3 Å². The maximum absolute atomic E-state index is 12.2. The first-order valence-electron chi connectivity index (χ1n) is 10.1. The number of nitrogens with zero attached hydrogens (tertiary/aromatic N) is 2. The molecule has 0 unspecified atom stereocenters. The summed E-state index contributed by atoms with van der Waals surface area (Å²) in [4.78, 5) is 12.2. The van der Waals surface area contributed by atoms with E-state index in [-0.39, 0.29) is 13.2 Å². The van der Waals surface area contributed by atoms with E-state index in [0.717, 1.165) is 5.56 Å². The summed E-state index contributed by atoms with van der Waals surface area (Å²) in [6.07, 6.45) is 1.25. The number of hydrogen-bond donors (Lipinski definition) is 1. The first kappa shape index (κ1) is 22.8. The molecule has 0 spiro atoms. The number of alkyl carbamates (subject to hydrolysis) is 1. The van der Waals surface area contributed by atoms with Crippen LogP contribution in [0.25, 0.3) is 6.08 Å². The Bertz CT molecular complexity index is 901. The van der Waals surface area contributed by atoms with E-state index in [0.29, 0.717) is 17.0 Å². The molecule has 2 aromatic rings. The van der Waals surface area contributed by atoms with Crippen molar-refractivity contribution in [2.45, 2.75) is 45.5 Å². The Hall–Kier alpha value is -2.91. The van der Waals surface area contributed by atoms with Crippen molar-refractivity contribution in [1.29, 1.82) is 0 Å². The highest BCUT2D eigenvalue weighted by atomic mass is 16.7. The number of methoxy groups -OCH3 is 1. The number of nitrogens with one attached hydrogen (secondary N) is 1. The van der Waals surface area contributed by atoms with Crippen LogP contribution in [-0.4, -0.2) is 48.3 Å². The first-order chi connectivity index (χ1) is 14.7. The average Bonchev–Trinajstić information content (AvgIpc) is 2.97. The molecular weight excluding hydrogens is 397 g/mol. The van der Waals surface area contributed by atoms with E-state index in [1.54, 1.807) is 18.2 Å². The molecule has 1 aliphatic rings. The van der Waals surface area contributed by atoms with Gasteiger partial charge in [0.2, 0.25) is 5.88 Å². The Morgan fingerprint density at radius 2 is 1.74 bits per heavy atom. The molecule has 0 bridgehead atoms. The quantitative estimate of drug-likeness (QED) is 0.680. The molecule has 1 N–H and O–H groups in total. The Morgan fingerprint density at radius 3 is 2.32 bits per heavy atom. The minimum Gasteiger partial charge on any atom is -0.480 e. The zero-order valence-corrected chi connectivity index (χ0v) is 18.5. The highest BCUT2D eigenvalue weighted by Crippen LogP contribution is 2.38. The van der Waals surface area contributed by atoms with E-state index in [4.69, 9.17) is 18.8 Å². The smallest absolute Gasteiger partial charge is 0.480 e. The lowest BCUT2D eigenvalue weighted by Crippen LogP contribution is -2.41. The van der Waals surface area contributed by atoms with Crippen LogP contribution in [0.1, 0.15) is 39.0 Å². The van der Waals surface area contributed by atoms with E-state index in [1.807, 2.05) is 58.0 Å². The van der Waals surface area contributed by atoms with Gasteiger partial charge in [-0.2, -0.15) is 0 Å². The Labute approximate surface area is 183 Å². The minimum absolute atomic E-state index is 0.165. The summed E-state index contributed by atoms with van der Waals surface area (Å²) in [5.41, 5.74) is 1.15. The van der Waals surface area contributed by atoms with Gasteiger partial charge in [0.1, 0.15) is 6.61 Å². The number of benzene rings is 1. The SMILES string of the molecule is COc1ccc(C=C(CNC(=O)OCc2ccccc2)B2OC(C)(C)C(C)(C)O2)nn1. The number of aromatic nitrogens is 2. The summed E-state index contributed by atoms with van der Waals surface area (Å²) in [5, 5.41) is 10.9. The van der Waals surface area contributed by atoms with Crippen LogP contribution < -0.4 is 10.1 Å². The molecular formula is C22H28BN3O5. The topological polar surface area (TPSA) is 91.8 Å². The van der Waals surface area contributed by atoms with Crippen molar-refractivity contribution in [3.8, 4) is 5.88 Å². The van der Waals surface area contributed by atoms with Gasteiger partial charge in [0, 0.05) is 12.6 Å². The third-order valence-electron chi connectivity index (χ3n) is 5.41. The highest BCUT2D eigenvalue weighted by molar-refractivity contribution is 6.56. The number of rotatable bonds is 7. The molecule has 0 aliphatic carbocycles. The van der Waals surface area contributed by atoms with Gasteiger partial charge in [-0.15, -0.1) is 10.2 Å². The summed E-state index contributed by atoms with van der Waals surface area (Å²) in [7, 11) is 0.878. The van der Waals surface area contributed by atoms with Gasteiger partial charge in [0.05, 0.1) is 24.0 Å². The van der Waals surface area contributed by atoms with Gasteiger partial charge in [-0.05, 0) is 50.9 Å². The zero-order chi connectivity index (χ0) is 22.5. The van der Waals surface area contributed by atoms with E-state index in [9.17, 15) is 4.79 Å².